The van der Waals surface area contributed by atoms with Gasteiger partial charge in [0.1, 0.15) is 0 Å². The first-order valence-electron chi connectivity index (χ1n) is 8.14. The molecule has 0 spiro atoms. The second-order valence-electron chi connectivity index (χ2n) is 6.42. The average molecular weight is 274 g/mol. The van der Waals surface area contributed by atoms with Gasteiger partial charge in [0.25, 0.3) is 0 Å². The number of hydrogen-bond donors (Lipinski definition) is 1. The van der Waals surface area contributed by atoms with Crippen molar-refractivity contribution in [2.45, 2.75) is 52.1 Å². The van der Waals surface area contributed by atoms with Gasteiger partial charge < -0.3 is 5.32 Å². The molecule has 1 N–H and O–H groups in total. The van der Waals surface area contributed by atoms with E-state index in [1.165, 1.54) is 30.5 Å². The molecule has 1 fully saturated rings. The van der Waals surface area contributed by atoms with E-state index >= 15 is 0 Å². The minimum atomic E-state index is 0.439. The number of rotatable bonds is 5. The van der Waals surface area contributed by atoms with Crippen molar-refractivity contribution < 1.29 is 0 Å². The maximum atomic E-state index is 3.50. The van der Waals surface area contributed by atoms with Gasteiger partial charge in [-0.2, -0.15) is 0 Å². The summed E-state index contributed by atoms with van der Waals surface area (Å²) in [6, 6.07) is 10.3. The van der Waals surface area contributed by atoms with Gasteiger partial charge >= 0.3 is 0 Å². The Kier molecular flexibility index (Phi) is 5.62. The maximum absolute atomic E-state index is 3.50. The molecule has 2 rings (SSSR count). The van der Waals surface area contributed by atoms with E-state index in [1.807, 2.05) is 0 Å². The summed E-state index contributed by atoms with van der Waals surface area (Å²) in [7, 11) is 2.08. The second kappa shape index (κ2) is 7.24. The number of nitrogens with zero attached hydrogens (tertiary/aromatic N) is 1. The standard InChI is InChI=1S/C18H30N2/c1-5-16-8-10-17(11-9-16)18(19-4)13-20-12-14(2)6-7-15(20)3/h8-11,14-15,18-19H,5-7,12-13H2,1-4H3. The van der Waals surface area contributed by atoms with Crippen LogP contribution in [0.4, 0.5) is 0 Å². The fourth-order valence-electron chi connectivity index (χ4n) is 3.22. The van der Waals surface area contributed by atoms with Crippen molar-refractivity contribution in [3.63, 3.8) is 0 Å². The van der Waals surface area contributed by atoms with Gasteiger partial charge in [0.05, 0.1) is 0 Å². The third-order valence-electron chi connectivity index (χ3n) is 4.80. The molecule has 0 aliphatic carbocycles. The smallest absolute Gasteiger partial charge is 0.0446 e. The molecule has 3 unspecified atom stereocenters. The fourth-order valence-corrected chi connectivity index (χ4v) is 3.22. The lowest BCUT2D eigenvalue weighted by molar-refractivity contribution is 0.113. The molecule has 1 heterocycles. The van der Waals surface area contributed by atoms with Crippen LogP contribution >= 0.6 is 0 Å². The Morgan fingerprint density at radius 1 is 1.20 bits per heavy atom. The van der Waals surface area contributed by atoms with Crippen LogP contribution in [0.2, 0.25) is 0 Å². The molecule has 3 atom stereocenters. The number of likely N-dealkylation sites (tertiary alicyclic amines) is 1. The van der Waals surface area contributed by atoms with Crippen molar-refractivity contribution in [2.75, 3.05) is 20.1 Å². The van der Waals surface area contributed by atoms with Crippen LogP contribution in [0.1, 0.15) is 50.8 Å². The minimum Gasteiger partial charge on any atom is -0.312 e. The highest BCUT2D eigenvalue weighted by molar-refractivity contribution is 5.25. The number of likely N-dealkylation sites (N-methyl/N-ethyl adjacent to an activating group) is 1. The summed E-state index contributed by atoms with van der Waals surface area (Å²) >= 11 is 0. The van der Waals surface area contributed by atoms with Crippen molar-refractivity contribution in [2.24, 2.45) is 5.92 Å². The normalized spacial score (nSPS) is 25.6. The number of nitrogens with one attached hydrogen (secondary N) is 1. The third-order valence-corrected chi connectivity index (χ3v) is 4.80. The molecule has 0 radical (unpaired) electrons. The molecule has 1 aromatic carbocycles. The van der Waals surface area contributed by atoms with Crippen LogP contribution in [0.25, 0.3) is 0 Å². The van der Waals surface area contributed by atoms with Gasteiger partial charge in [-0.3, -0.25) is 4.90 Å². The molecule has 2 nitrogen and oxygen atoms in total. The summed E-state index contributed by atoms with van der Waals surface area (Å²) in [5, 5.41) is 3.50. The van der Waals surface area contributed by atoms with E-state index in [9.17, 15) is 0 Å². The highest BCUT2D eigenvalue weighted by atomic mass is 15.2. The molecule has 0 aromatic heterocycles. The zero-order valence-electron chi connectivity index (χ0n) is 13.5. The molecular weight excluding hydrogens is 244 g/mol. The Morgan fingerprint density at radius 2 is 1.90 bits per heavy atom. The molecule has 0 amide bonds. The first-order valence-corrected chi connectivity index (χ1v) is 8.14. The van der Waals surface area contributed by atoms with Gasteiger partial charge in [0, 0.05) is 25.2 Å². The first kappa shape index (κ1) is 15.5. The highest BCUT2D eigenvalue weighted by Gasteiger charge is 2.25. The van der Waals surface area contributed by atoms with Crippen LogP contribution in [-0.4, -0.2) is 31.1 Å². The summed E-state index contributed by atoms with van der Waals surface area (Å²) in [6.07, 6.45) is 3.84. The monoisotopic (exact) mass is 274 g/mol. The van der Waals surface area contributed by atoms with Crippen LogP contribution in [0, 0.1) is 5.92 Å². The van der Waals surface area contributed by atoms with E-state index < -0.39 is 0 Å². The Balaban J connectivity index is 2.03. The lowest BCUT2D eigenvalue weighted by Gasteiger charge is -2.38. The molecule has 112 valence electrons. The van der Waals surface area contributed by atoms with E-state index in [2.05, 4.69) is 62.3 Å². The Bertz CT molecular complexity index is 398. The SMILES string of the molecule is CCc1ccc(C(CN2CC(C)CCC2C)NC)cc1. The lowest BCUT2D eigenvalue weighted by atomic mass is 9.93. The van der Waals surface area contributed by atoms with Crippen molar-refractivity contribution in [3.8, 4) is 0 Å². The fraction of sp³-hybridized carbons (Fsp3) is 0.667. The van der Waals surface area contributed by atoms with Gasteiger partial charge in [-0.05, 0) is 50.3 Å². The molecule has 2 heteroatoms. The molecule has 0 bridgehead atoms. The molecule has 0 saturated carbocycles. The van der Waals surface area contributed by atoms with Gasteiger partial charge in [0.2, 0.25) is 0 Å². The van der Waals surface area contributed by atoms with E-state index in [1.54, 1.807) is 0 Å². The van der Waals surface area contributed by atoms with Gasteiger partial charge in [-0.15, -0.1) is 0 Å². The van der Waals surface area contributed by atoms with Gasteiger partial charge in [-0.1, -0.05) is 38.1 Å². The third kappa shape index (κ3) is 3.83. The number of hydrogen-bond acceptors (Lipinski definition) is 2. The molecule has 1 aliphatic heterocycles. The van der Waals surface area contributed by atoms with E-state index in [4.69, 9.17) is 0 Å². The molecule has 1 saturated heterocycles. The Hall–Kier alpha value is -0.860. The van der Waals surface area contributed by atoms with E-state index in [0.29, 0.717) is 6.04 Å². The summed E-state index contributed by atoms with van der Waals surface area (Å²) in [5.74, 6) is 0.839. The number of benzene rings is 1. The molecule has 20 heavy (non-hydrogen) atoms. The summed E-state index contributed by atoms with van der Waals surface area (Å²) < 4.78 is 0. The molecular formula is C18H30N2. The molecule has 1 aromatic rings. The van der Waals surface area contributed by atoms with Gasteiger partial charge in [0.15, 0.2) is 0 Å². The van der Waals surface area contributed by atoms with Crippen molar-refractivity contribution in [1.82, 2.24) is 10.2 Å². The lowest BCUT2D eigenvalue weighted by Crippen LogP contribution is -2.44. The number of piperidine rings is 1. The van der Waals surface area contributed by atoms with Crippen LogP contribution in [0.15, 0.2) is 24.3 Å². The van der Waals surface area contributed by atoms with E-state index in [0.717, 1.165) is 24.9 Å². The second-order valence-corrected chi connectivity index (χ2v) is 6.42. The van der Waals surface area contributed by atoms with Crippen molar-refractivity contribution in [3.05, 3.63) is 35.4 Å². The number of aryl methyl sites for hydroxylation is 1. The van der Waals surface area contributed by atoms with Crippen molar-refractivity contribution in [1.29, 1.82) is 0 Å². The average Bonchev–Trinajstić information content (AvgIpc) is 2.48. The van der Waals surface area contributed by atoms with Crippen LogP contribution in [0.3, 0.4) is 0 Å². The summed E-state index contributed by atoms with van der Waals surface area (Å²) in [4.78, 5) is 2.66. The van der Waals surface area contributed by atoms with Crippen molar-refractivity contribution >= 4 is 0 Å². The highest BCUT2D eigenvalue weighted by Crippen LogP contribution is 2.24. The van der Waals surface area contributed by atoms with Crippen LogP contribution in [-0.2, 0) is 6.42 Å². The first-order chi connectivity index (χ1) is 9.63. The quantitative estimate of drug-likeness (QED) is 0.882. The zero-order chi connectivity index (χ0) is 14.5. The van der Waals surface area contributed by atoms with Crippen LogP contribution < -0.4 is 5.32 Å². The molecule has 1 aliphatic rings. The largest absolute Gasteiger partial charge is 0.312 e. The summed E-state index contributed by atoms with van der Waals surface area (Å²) in [5.41, 5.74) is 2.83. The Labute approximate surface area is 124 Å². The summed E-state index contributed by atoms with van der Waals surface area (Å²) in [6.45, 7) is 9.32. The zero-order valence-corrected chi connectivity index (χ0v) is 13.5. The predicted molar refractivity (Wildman–Crippen MR) is 87.1 cm³/mol. The Morgan fingerprint density at radius 3 is 2.50 bits per heavy atom. The maximum Gasteiger partial charge on any atom is 0.0446 e. The minimum absolute atomic E-state index is 0.439. The van der Waals surface area contributed by atoms with Crippen LogP contribution in [0.5, 0.6) is 0 Å². The topological polar surface area (TPSA) is 15.3 Å². The van der Waals surface area contributed by atoms with Gasteiger partial charge in [-0.25, -0.2) is 0 Å². The van der Waals surface area contributed by atoms with E-state index in [-0.39, 0.29) is 0 Å². The predicted octanol–water partition coefficient (Wildman–Crippen LogP) is 3.63.